The predicted octanol–water partition coefficient (Wildman–Crippen LogP) is 1.20. The van der Waals surface area contributed by atoms with Crippen molar-refractivity contribution in [2.75, 3.05) is 5.32 Å². The van der Waals surface area contributed by atoms with Crippen LogP contribution in [0.5, 0.6) is 0 Å². The monoisotopic (exact) mass is 197 g/mol. The van der Waals surface area contributed by atoms with E-state index in [2.05, 4.69) is 5.32 Å². The molecule has 0 spiro atoms. The maximum absolute atomic E-state index is 10.8. The van der Waals surface area contributed by atoms with Gasteiger partial charge in [0.15, 0.2) is 0 Å². The lowest BCUT2D eigenvalue weighted by molar-refractivity contribution is -0.383. The highest BCUT2D eigenvalue weighted by Gasteiger charge is 2.20. The number of anilines is 1. The Morgan fingerprint density at radius 3 is 2.64 bits per heavy atom. The Kier molecular flexibility index (Phi) is 2.55. The molecule has 0 saturated heterocycles. The van der Waals surface area contributed by atoms with Gasteiger partial charge in [-0.1, -0.05) is 0 Å². The molecule has 0 unspecified atom stereocenters. The molecular formula is C8H11N3O3. The molecule has 0 fully saturated rings. The first-order chi connectivity index (χ1) is 6.43. The molecule has 0 atom stereocenters. The second-order valence-electron chi connectivity index (χ2n) is 3.02. The number of nitrogens with one attached hydrogen (secondary N) is 1. The summed E-state index contributed by atoms with van der Waals surface area (Å²) in [6, 6.07) is 0. The summed E-state index contributed by atoms with van der Waals surface area (Å²) in [6.07, 6.45) is 1.38. The number of hydrogen-bond acceptors (Lipinski definition) is 3. The highest BCUT2D eigenvalue weighted by molar-refractivity contribution is 5.92. The Balaban J connectivity index is 3.23. The van der Waals surface area contributed by atoms with Crippen molar-refractivity contribution >= 4 is 17.3 Å². The van der Waals surface area contributed by atoms with Gasteiger partial charge >= 0.3 is 5.69 Å². The Bertz CT molecular complexity index is 395. The van der Waals surface area contributed by atoms with Crippen molar-refractivity contribution < 1.29 is 9.72 Å². The van der Waals surface area contributed by atoms with Gasteiger partial charge in [-0.15, -0.1) is 0 Å². The lowest BCUT2D eigenvalue weighted by Gasteiger charge is -2.00. The zero-order valence-electron chi connectivity index (χ0n) is 8.20. The molecule has 1 rings (SSSR count). The molecule has 6 heteroatoms. The first-order valence-electron chi connectivity index (χ1n) is 4.01. The third-order valence-corrected chi connectivity index (χ3v) is 1.96. The summed E-state index contributed by atoms with van der Waals surface area (Å²) in [6.45, 7) is 3.02. The molecule has 1 heterocycles. The number of aryl methyl sites for hydroxylation is 1. The Morgan fingerprint density at radius 1 is 1.64 bits per heavy atom. The molecule has 0 saturated carbocycles. The lowest BCUT2D eigenvalue weighted by Crippen LogP contribution is -2.08. The van der Waals surface area contributed by atoms with E-state index in [1.54, 1.807) is 18.5 Å². The quantitative estimate of drug-likeness (QED) is 0.571. The van der Waals surface area contributed by atoms with Crippen molar-refractivity contribution in [1.82, 2.24) is 4.57 Å². The normalized spacial score (nSPS) is 9.93. The van der Waals surface area contributed by atoms with Crippen LogP contribution in [0.15, 0.2) is 6.20 Å². The molecule has 0 bridgehead atoms. The van der Waals surface area contributed by atoms with E-state index in [4.69, 9.17) is 0 Å². The summed E-state index contributed by atoms with van der Waals surface area (Å²) < 4.78 is 1.60. The number of amides is 1. The average Bonchev–Trinajstić information content (AvgIpc) is 2.32. The van der Waals surface area contributed by atoms with Gasteiger partial charge in [0.1, 0.15) is 5.69 Å². The molecule has 0 aliphatic rings. The Labute approximate surface area is 80.7 Å². The summed E-state index contributed by atoms with van der Waals surface area (Å²) in [7, 11) is 1.69. The fourth-order valence-corrected chi connectivity index (χ4v) is 1.18. The third-order valence-electron chi connectivity index (χ3n) is 1.96. The summed E-state index contributed by atoms with van der Waals surface area (Å²) in [4.78, 5) is 20.9. The van der Waals surface area contributed by atoms with E-state index in [1.165, 1.54) is 13.1 Å². The maximum atomic E-state index is 10.8. The van der Waals surface area contributed by atoms with E-state index in [1.807, 2.05) is 0 Å². The second kappa shape index (κ2) is 3.49. The molecule has 1 N–H and O–H groups in total. The van der Waals surface area contributed by atoms with Gasteiger partial charge in [0.05, 0.1) is 11.1 Å². The van der Waals surface area contributed by atoms with E-state index in [-0.39, 0.29) is 17.3 Å². The average molecular weight is 197 g/mol. The van der Waals surface area contributed by atoms with Crippen LogP contribution in [0.3, 0.4) is 0 Å². The minimum absolute atomic E-state index is 0.0831. The van der Waals surface area contributed by atoms with Gasteiger partial charge in [0.2, 0.25) is 5.91 Å². The first kappa shape index (κ1) is 10.2. The second-order valence-corrected chi connectivity index (χ2v) is 3.02. The minimum atomic E-state index is -0.516. The first-order valence-corrected chi connectivity index (χ1v) is 4.01. The van der Waals surface area contributed by atoms with E-state index in [0.717, 1.165) is 0 Å². The standard InChI is InChI=1S/C8H11N3O3/c1-5-8(9-6(2)12)7(11(13)14)4-10(5)3/h4H,1-3H3,(H,9,12). The molecular weight excluding hydrogens is 186 g/mol. The van der Waals surface area contributed by atoms with Crippen molar-refractivity contribution in [1.29, 1.82) is 0 Å². The van der Waals surface area contributed by atoms with Crippen molar-refractivity contribution in [3.63, 3.8) is 0 Å². The van der Waals surface area contributed by atoms with Crippen LogP contribution in [-0.4, -0.2) is 15.4 Å². The number of hydrogen-bond donors (Lipinski definition) is 1. The molecule has 0 radical (unpaired) electrons. The number of nitro groups is 1. The van der Waals surface area contributed by atoms with Crippen LogP contribution in [-0.2, 0) is 11.8 Å². The smallest absolute Gasteiger partial charge is 0.310 e. The summed E-state index contributed by atoms with van der Waals surface area (Å²) in [5.41, 5.74) is 0.845. The predicted molar refractivity (Wildman–Crippen MR) is 51.1 cm³/mol. The highest BCUT2D eigenvalue weighted by atomic mass is 16.6. The van der Waals surface area contributed by atoms with Gasteiger partial charge in [-0.25, -0.2) is 0 Å². The largest absolute Gasteiger partial charge is 0.347 e. The van der Waals surface area contributed by atoms with Gasteiger partial charge in [-0.05, 0) is 6.92 Å². The summed E-state index contributed by atoms with van der Waals surface area (Å²) in [5, 5.41) is 13.1. The molecule has 0 aromatic carbocycles. The number of carbonyl (C=O) groups is 1. The van der Waals surface area contributed by atoms with Crippen LogP contribution in [0.25, 0.3) is 0 Å². The van der Waals surface area contributed by atoms with E-state index in [0.29, 0.717) is 5.69 Å². The van der Waals surface area contributed by atoms with Gasteiger partial charge in [0.25, 0.3) is 0 Å². The maximum Gasteiger partial charge on any atom is 0.310 e. The van der Waals surface area contributed by atoms with Crippen LogP contribution in [0, 0.1) is 17.0 Å². The minimum Gasteiger partial charge on any atom is -0.347 e. The topological polar surface area (TPSA) is 77.2 Å². The van der Waals surface area contributed by atoms with Gasteiger partial charge < -0.3 is 9.88 Å². The van der Waals surface area contributed by atoms with Crippen LogP contribution in [0.1, 0.15) is 12.6 Å². The van der Waals surface area contributed by atoms with Gasteiger partial charge in [0, 0.05) is 19.7 Å². The highest BCUT2D eigenvalue weighted by Crippen LogP contribution is 2.29. The molecule has 0 aliphatic heterocycles. The van der Waals surface area contributed by atoms with Gasteiger partial charge in [-0.2, -0.15) is 0 Å². The van der Waals surface area contributed by atoms with Crippen molar-refractivity contribution in [3.8, 4) is 0 Å². The van der Waals surface area contributed by atoms with Gasteiger partial charge in [-0.3, -0.25) is 14.9 Å². The summed E-state index contributed by atoms with van der Waals surface area (Å²) >= 11 is 0. The van der Waals surface area contributed by atoms with Crippen LogP contribution >= 0.6 is 0 Å². The van der Waals surface area contributed by atoms with Crippen molar-refractivity contribution in [2.45, 2.75) is 13.8 Å². The number of aromatic nitrogens is 1. The fraction of sp³-hybridized carbons (Fsp3) is 0.375. The Hall–Kier alpha value is -1.85. The molecule has 76 valence electrons. The molecule has 14 heavy (non-hydrogen) atoms. The molecule has 1 amide bonds. The van der Waals surface area contributed by atoms with E-state index in [9.17, 15) is 14.9 Å². The zero-order chi connectivity index (χ0) is 10.9. The number of carbonyl (C=O) groups excluding carboxylic acids is 1. The van der Waals surface area contributed by atoms with Crippen LogP contribution in [0.4, 0.5) is 11.4 Å². The molecule has 1 aromatic heterocycles. The molecule has 1 aromatic rings. The number of rotatable bonds is 2. The van der Waals surface area contributed by atoms with Crippen LogP contribution in [0.2, 0.25) is 0 Å². The SMILES string of the molecule is CC(=O)Nc1c([N+](=O)[O-])cn(C)c1C. The van der Waals surface area contributed by atoms with Crippen molar-refractivity contribution in [3.05, 3.63) is 22.0 Å². The molecule has 0 aliphatic carbocycles. The Morgan fingerprint density at radius 2 is 2.21 bits per heavy atom. The number of nitrogens with zero attached hydrogens (tertiary/aromatic N) is 2. The zero-order valence-corrected chi connectivity index (χ0v) is 8.20. The van der Waals surface area contributed by atoms with Crippen molar-refractivity contribution in [2.24, 2.45) is 7.05 Å². The van der Waals surface area contributed by atoms with Crippen LogP contribution < -0.4 is 5.32 Å². The fourth-order valence-electron chi connectivity index (χ4n) is 1.18. The van der Waals surface area contributed by atoms with E-state index < -0.39 is 4.92 Å². The van der Waals surface area contributed by atoms with E-state index >= 15 is 0 Å². The molecule has 6 nitrogen and oxygen atoms in total. The lowest BCUT2D eigenvalue weighted by atomic mass is 10.3. The summed E-state index contributed by atoms with van der Waals surface area (Å²) in [5.74, 6) is -0.317. The third kappa shape index (κ3) is 1.73.